The van der Waals surface area contributed by atoms with Gasteiger partial charge in [-0.3, -0.25) is 0 Å². The van der Waals surface area contributed by atoms with Gasteiger partial charge in [0, 0.05) is 0 Å². The Morgan fingerprint density at radius 1 is 0.727 bits per heavy atom. The number of carbonyl (C=O) groups excluding carboxylic acids is 3. The first-order valence-electron chi connectivity index (χ1n) is 14.2. The molecule has 4 atom stereocenters. The normalized spacial score (nSPS) is 21.0. The van der Waals surface area contributed by atoms with Crippen LogP contribution in [0.5, 0.6) is 23.0 Å². The number of amides is 2. The molecule has 0 bridgehead atoms. The van der Waals surface area contributed by atoms with Gasteiger partial charge in [0.2, 0.25) is 0 Å². The fourth-order valence-electron chi connectivity index (χ4n) is 4.13. The fourth-order valence-corrected chi connectivity index (χ4v) is 4.13. The van der Waals surface area contributed by atoms with E-state index < -0.39 is 60.3 Å². The molecule has 2 amide bonds. The maximum Gasteiger partial charge on any atom is 0.420 e. The molecular formula is C32H43NO11. The molecule has 1 aliphatic heterocycles. The van der Waals surface area contributed by atoms with Crippen molar-refractivity contribution in [2.24, 2.45) is 0 Å². The van der Waals surface area contributed by atoms with Crippen LogP contribution >= 0.6 is 0 Å². The second kappa shape index (κ2) is 14.5. The Balaban J connectivity index is 1.97. The molecule has 242 valence electrons. The van der Waals surface area contributed by atoms with Gasteiger partial charge in [0.05, 0.1) is 27.4 Å². The Kier molecular flexibility index (Phi) is 11.3. The van der Waals surface area contributed by atoms with E-state index in [0.29, 0.717) is 27.9 Å². The lowest BCUT2D eigenvalue weighted by atomic mass is 10.1. The van der Waals surface area contributed by atoms with Gasteiger partial charge in [-0.2, -0.15) is 4.90 Å². The summed E-state index contributed by atoms with van der Waals surface area (Å²) in [5, 5.41) is 0. The maximum atomic E-state index is 13.6. The first-order valence-corrected chi connectivity index (χ1v) is 14.2. The lowest BCUT2D eigenvalue weighted by Gasteiger charge is -2.33. The van der Waals surface area contributed by atoms with Gasteiger partial charge in [-0.1, -0.05) is 0 Å². The van der Waals surface area contributed by atoms with Crippen LogP contribution in [0.15, 0.2) is 48.5 Å². The summed E-state index contributed by atoms with van der Waals surface area (Å²) in [6.07, 6.45) is -4.79. The molecule has 1 fully saturated rings. The third kappa shape index (κ3) is 9.94. The van der Waals surface area contributed by atoms with E-state index in [2.05, 4.69) is 0 Å². The largest absolute Gasteiger partial charge is 0.497 e. The molecule has 2 aromatic carbocycles. The first kappa shape index (κ1) is 34.3. The van der Waals surface area contributed by atoms with Gasteiger partial charge in [-0.25, -0.2) is 14.4 Å². The molecule has 12 nitrogen and oxygen atoms in total. The number of methoxy groups -OCH3 is 2. The van der Waals surface area contributed by atoms with E-state index >= 15 is 0 Å². The Labute approximate surface area is 258 Å². The summed E-state index contributed by atoms with van der Waals surface area (Å²) in [6, 6.07) is 12.3. The van der Waals surface area contributed by atoms with Crippen molar-refractivity contribution < 1.29 is 52.3 Å². The Morgan fingerprint density at radius 2 is 1.16 bits per heavy atom. The number of benzene rings is 2. The average Bonchev–Trinajstić information content (AvgIpc) is 2.97. The molecule has 0 unspecified atom stereocenters. The van der Waals surface area contributed by atoms with Crippen molar-refractivity contribution in [3.8, 4) is 23.0 Å². The highest BCUT2D eigenvalue weighted by molar-refractivity contribution is 5.94. The van der Waals surface area contributed by atoms with Gasteiger partial charge < -0.3 is 37.9 Å². The number of carbonyl (C=O) groups is 3. The minimum Gasteiger partial charge on any atom is -0.497 e. The SMILES string of the molecule is COc1ccc(O[C@H]2[C@H](C)OC(=O)[C@@H](N(C(=O)OC(C)(C)C)C(=O)OC(C)(C)C)COC[C@@H]2Oc2ccc(OC)cc2)cc1. The molecule has 0 aromatic heterocycles. The summed E-state index contributed by atoms with van der Waals surface area (Å²) in [4.78, 5) is 40.8. The van der Waals surface area contributed by atoms with Gasteiger partial charge in [0.25, 0.3) is 0 Å². The summed E-state index contributed by atoms with van der Waals surface area (Å²) in [6.45, 7) is 11.0. The molecular weight excluding hydrogens is 574 g/mol. The highest BCUT2D eigenvalue weighted by atomic mass is 16.6. The number of nitrogens with zero attached hydrogens (tertiary/aromatic N) is 1. The standard InChI is InChI=1S/C32H43NO11/c1-20-27(42-24-16-12-22(38-9)13-17-24)26(41-23-14-10-21(37-8)11-15-23)19-39-18-25(28(34)40-20)33(29(35)43-31(2,3)4)30(36)44-32(5,6)7/h10-17,20,25-27H,18-19H2,1-9H3/t20-,25-,26-,27-/m0/s1. The van der Waals surface area contributed by atoms with Crippen LogP contribution in [0.3, 0.4) is 0 Å². The second-order valence-corrected chi connectivity index (χ2v) is 12.1. The Bertz CT molecular complexity index is 1220. The lowest BCUT2D eigenvalue weighted by Crippen LogP contribution is -2.54. The minimum atomic E-state index is -1.52. The third-order valence-electron chi connectivity index (χ3n) is 6.13. The van der Waals surface area contributed by atoms with Crippen LogP contribution in [0, 0.1) is 0 Å². The van der Waals surface area contributed by atoms with E-state index in [0.717, 1.165) is 0 Å². The monoisotopic (exact) mass is 617 g/mol. The number of hydrogen-bond acceptors (Lipinski definition) is 11. The third-order valence-corrected chi connectivity index (χ3v) is 6.13. The number of imide groups is 1. The van der Waals surface area contributed by atoms with E-state index in [1.807, 2.05) is 0 Å². The molecule has 12 heteroatoms. The quantitative estimate of drug-likeness (QED) is 0.293. The van der Waals surface area contributed by atoms with E-state index in [1.165, 1.54) is 0 Å². The van der Waals surface area contributed by atoms with Crippen molar-refractivity contribution in [2.45, 2.75) is 84.0 Å². The smallest absolute Gasteiger partial charge is 0.420 e. The van der Waals surface area contributed by atoms with Crippen molar-refractivity contribution >= 4 is 18.2 Å². The summed E-state index contributed by atoms with van der Waals surface area (Å²) in [5.41, 5.74) is -1.94. The topological polar surface area (TPSA) is 128 Å². The number of cyclic esters (lactones) is 1. The molecule has 2 aromatic rings. The number of ether oxygens (including phenoxy) is 8. The van der Waals surface area contributed by atoms with Crippen LogP contribution in [-0.4, -0.2) is 86.0 Å². The molecule has 1 aliphatic rings. The maximum absolute atomic E-state index is 13.6. The highest BCUT2D eigenvalue weighted by Crippen LogP contribution is 2.27. The zero-order valence-electron chi connectivity index (χ0n) is 26.8. The molecule has 0 radical (unpaired) electrons. The summed E-state index contributed by atoms with van der Waals surface area (Å²) in [7, 11) is 3.12. The molecule has 1 saturated heterocycles. The molecule has 0 saturated carbocycles. The van der Waals surface area contributed by atoms with Crippen molar-refractivity contribution in [1.82, 2.24) is 4.90 Å². The van der Waals surface area contributed by atoms with Gasteiger partial charge in [-0.15, -0.1) is 0 Å². The van der Waals surface area contributed by atoms with Crippen molar-refractivity contribution in [1.29, 1.82) is 0 Å². The van der Waals surface area contributed by atoms with Gasteiger partial charge in [0.15, 0.2) is 18.2 Å². The summed E-state index contributed by atoms with van der Waals surface area (Å²) >= 11 is 0. The van der Waals surface area contributed by atoms with Crippen LogP contribution in [0.25, 0.3) is 0 Å². The van der Waals surface area contributed by atoms with E-state index in [4.69, 9.17) is 37.9 Å². The van der Waals surface area contributed by atoms with Crippen molar-refractivity contribution in [3.63, 3.8) is 0 Å². The Morgan fingerprint density at radius 3 is 1.59 bits per heavy atom. The molecule has 3 rings (SSSR count). The summed E-state index contributed by atoms with van der Waals surface area (Å²) < 4.78 is 45.8. The second-order valence-electron chi connectivity index (χ2n) is 12.1. The van der Waals surface area contributed by atoms with Crippen LogP contribution in [-0.2, 0) is 23.7 Å². The molecule has 44 heavy (non-hydrogen) atoms. The van der Waals surface area contributed by atoms with Crippen LogP contribution in [0.4, 0.5) is 9.59 Å². The van der Waals surface area contributed by atoms with Crippen molar-refractivity contribution in [3.05, 3.63) is 48.5 Å². The molecule has 0 spiro atoms. The van der Waals surface area contributed by atoms with Gasteiger partial charge in [-0.05, 0) is 97.0 Å². The van der Waals surface area contributed by atoms with E-state index in [-0.39, 0.29) is 6.61 Å². The lowest BCUT2D eigenvalue weighted by molar-refractivity contribution is -0.160. The molecule has 0 aliphatic carbocycles. The number of esters is 1. The Hall–Kier alpha value is -4.19. The predicted molar refractivity (Wildman–Crippen MR) is 159 cm³/mol. The van der Waals surface area contributed by atoms with Gasteiger partial charge in [0.1, 0.15) is 40.3 Å². The first-order chi connectivity index (χ1) is 20.6. The number of hydrogen-bond donors (Lipinski definition) is 0. The van der Waals surface area contributed by atoms with Crippen LogP contribution < -0.4 is 18.9 Å². The number of rotatable bonds is 7. The average molecular weight is 618 g/mol. The van der Waals surface area contributed by atoms with Crippen molar-refractivity contribution in [2.75, 3.05) is 27.4 Å². The van der Waals surface area contributed by atoms with Gasteiger partial charge >= 0.3 is 18.2 Å². The van der Waals surface area contributed by atoms with Crippen LogP contribution in [0.1, 0.15) is 48.5 Å². The van der Waals surface area contributed by atoms with E-state index in [1.54, 1.807) is 111 Å². The zero-order valence-corrected chi connectivity index (χ0v) is 26.8. The minimum absolute atomic E-state index is 0.0964. The van der Waals surface area contributed by atoms with Crippen LogP contribution in [0.2, 0.25) is 0 Å². The van der Waals surface area contributed by atoms with E-state index in [9.17, 15) is 14.4 Å². The molecule has 0 N–H and O–H groups in total. The predicted octanol–water partition coefficient (Wildman–Crippen LogP) is 5.40. The fraction of sp³-hybridized carbons (Fsp3) is 0.531. The molecule has 1 heterocycles. The highest BCUT2D eigenvalue weighted by Gasteiger charge is 2.45. The zero-order chi connectivity index (χ0) is 32.7. The summed E-state index contributed by atoms with van der Waals surface area (Å²) in [5.74, 6) is 1.31.